The SMILES string of the molecule is Cc1ccc(-c2ccc(F)cc2)cc1.Cc1ccc(-c2cccc(F)c2)cc1.Cc1ccc(-c2ccncc2)cc1.Cc1cccc(-c2ccncc2)c1.Cc1ccccc1-c1cccnc1.Cc1ccccc1-c1ccncc1. The van der Waals surface area contributed by atoms with Crippen molar-refractivity contribution in [3.05, 3.63) is 337 Å². The molecule has 0 bridgehead atoms. The fraction of sp³-hybridized carbons (Fsp3) is 0.0811. The van der Waals surface area contributed by atoms with E-state index in [1.54, 1.807) is 30.5 Å². The fourth-order valence-electron chi connectivity index (χ4n) is 8.31. The quantitative estimate of drug-likeness (QED) is 0.167. The monoisotopic (exact) mass is 1050 g/mol. The minimum Gasteiger partial charge on any atom is -0.265 e. The van der Waals surface area contributed by atoms with Crippen molar-refractivity contribution in [2.24, 2.45) is 0 Å². The van der Waals surface area contributed by atoms with Gasteiger partial charge in [0.1, 0.15) is 11.6 Å². The lowest BCUT2D eigenvalue weighted by molar-refractivity contribution is 0.627. The summed E-state index contributed by atoms with van der Waals surface area (Å²) < 4.78 is 25.6. The van der Waals surface area contributed by atoms with E-state index >= 15 is 0 Å². The molecule has 4 heterocycles. The highest BCUT2D eigenvalue weighted by Gasteiger charge is 2.02. The Hall–Kier alpha value is -9.78. The first-order valence-electron chi connectivity index (χ1n) is 26.5. The number of aromatic nitrogens is 4. The molecule has 12 aromatic rings. The van der Waals surface area contributed by atoms with Crippen molar-refractivity contribution in [1.29, 1.82) is 0 Å². The summed E-state index contributed by atoms with van der Waals surface area (Å²) in [5.74, 6) is -0.385. The average molecular weight is 1050 g/mol. The number of benzene rings is 8. The van der Waals surface area contributed by atoms with Crippen LogP contribution in [0.1, 0.15) is 33.4 Å². The molecule has 4 aromatic heterocycles. The Kier molecular flexibility index (Phi) is 22.3. The zero-order valence-corrected chi connectivity index (χ0v) is 46.3. The summed E-state index contributed by atoms with van der Waals surface area (Å²) in [5, 5.41) is 0. The smallest absolute Gasteiger partial charge is 0.123 e. The fourth-order valence-corrected chi connectivity index (χ4v) is 8.31. The third-order valence-corrected chi connectivity index (χ3v) is 12.8. The Balaban J connectivity index is 0.000000139. The van der Waals surface area contributed by atoms with Gasteiger partial charge >= 0.3 is 0 Å². The van der Waals surface area contributed by atoms with Crippen LogP contribution in [0.25, 0.3) is 66.8 Å². The molecule has 0 spiro atoms. The molecule has 8 aromatic carbocycles. The van der Waals surface area contributed by atoms with Crippen molar-refractivity contribution in [2.75, 3.05) is 0 Å². The molecule has 4 nitrogen and oxygen atoms in total. The van der Waals surface area contributed by atoms with Crippen LogP contribution in [0, 0.1) is 53.2 Å². The van der Waals surface area contributed by atoms with Crippen LogP contribution in [0.5, 0.6) is 0 Å². The zero-order valence-electron chi connectivity index (χ0n) is 46.3. The van der Waals surface area contributed by atoms with E-state index in [1.807, 2.05) is 135 Å². The minimum atomic E-state index is -0.194. The molecular formula is C74H66F2N4. The molecule has 0 saturated heterocycles. The number of hydrogen-bond donors (Lipinski definition) is 0. The summed E-state index contributed by atoms with van der Waals surface area (Å²) in [6, 6.07) is 79.3. The molecule has 0 N–H and O–H groups in total. The number of halogens is 2. The zero-order chi connectivity index (χ0) is 56.3. The molecule has 12 rings (SSSR count). The van der Waals surface area contributed by atoms with Crippen LogP contribution in [0.15, 0.2) is 292 Å². The van der Waals surface area contributed by atoms with Crippen LogP contribution in [0.4, 0.5) is 8.78 Å². The molecule has 0 aliphatic heterocycles. The number of nitrogens with zero attached hydrogens (tertiary/aromatic N) is 4. The molecule has 0 amide bonds. The van der Waals surface area contributed by atoms with E-state index in [-0.39, 0.29) is 11.6 Å². The first kappa shape index (κ1) is 57.9. The Morgan fingerprint density at radius 2 is 0.588 bits per heavy atom. The molecule has 6 heteroatoms. The standard InChI is InChI=1S/2C13H11F.4C12H11N/c1-10-2-4-11(5-3-10)12-6-8-13(14)9-7-12;1-10-5-7-11(8-6-10)12-3-2-4-13(14)9-12;1-10-2-4-11(5-3-10)12-6-8-13-9-7-12;1-10-5-2-3-7-12(10)11-6-4-8-13-9-11;1-10-3-2-4-12(9-10)11-5-7-13-8-6-11;1-10-4-2-3-5-12(10)11-6-8-13-9-7-11/h2*2-9H,1H3;4*2-9H,1H3. The van der Waals surface area contributed by atoms with E-state index in [2.05, 4.69) is 170 Å². The Labute approximate surface area is 471 Å². The molecular weight excluding hydrogens is 983 g/mol. The normalized spacial score (nSPS) is 10.0. The van der Waals surface area contributed by atoms with E-state index in [0.29, 0.717) is 0 Å². The molecule has 80 heavy (non-hydrogen) atoms. The molecule has 0 aliphatic carbocycles. The van der Waals surface area contributed by atoms with Gasteiger partial charge in [-0.15, -0.1) is 0 Å². The van der Waals surface area contributed by atoms with Gasteiger partial charge in [-0.25, -0.2) is 8.78 Å². The molecule has 0 aliphatic rings. The Bertz CT molecular complexity index is 3560. The van der Waals surface area contributed by atoms with Crippen molar-refractivity contribution in [1.82, 2.24) is 19.9 Å². The Morgan fingerprint density at radius 3 is 1.01 bits per heavy atom. The second-order valence-electron chi connectivity index (χ2n) is 19.1. The highest BCUT2D eigenvalue weighted by Crippen LogP contribution is 2.25. The lowest BCUT2D eigenvalue weighted by Gasteiger charge is -2.03. The van der Waals surface area contributed by atoms with Gasteiger partial charge in [-0.3, -0.25) is 19.9 Å². The van der Waals surface area contributed by atoms with E-state index < -0.39 is 0 Å². The number of pyridine rings is 4. The predicted molar refractivity (Wildman–Crippen MR) is 331 cm³/mol. The van der Waals surface area contributed by atoms with Gasteiger partial charge in [-0.05, 0) is 181 Å². The van der Waals surface area contributed by atoms with Gasteiger partial charge in [0, 0.05) is 55.1 Å². The van der Waals surface area contributed by atoms with E-state index in [1.165, 1.54) is 96.1 Å². The average Bonchev–Trinajstić information content (AvgIpc) is 3.50. The van der Waals surface area contributed by atoms with Gasteiger partial charge < -0.3 is 0 Å². The van der Waals surface area contributed by atoms with Gasteiger partial charge in [0.15, 0.2) is 0 Å². The third kappa shape index (κ3) is 18.7. The maximum atomic E-state index is 12.9. The first-order chi connectivity index (χ1) is 39.0. The van der Waals surface area contributed by atoms with Crippen LogP contribution >= 0.6 is 0 Å². The summed E-state index contributed by atoms with van der Waals surface area (Å²) in [5.41, 5.74) is 21.6. The second-order valence-corrected chi connectivity index (χ2v) is 19.1. The van der Waals surface area contributed by atoms with Crippen molar-refractivity contribution in [3.8, 4) is 66.8 Å². The van der Waals surface area contributed by atoms with Crippen molar-refractivity contribution in [3.63, 3.8) is 0 Å². The summed E-state index contributed by atoms with van der Waals surface area (Å²) in [4.78, 5) is 16.1. The number of hydrogen-bond acceptors (Lipinski definition) is 4. The van der Waals surface area contributed by atoms with Gasteiger partial charge in [-0.1, -0.05) is 198 Å². The van der Waals surface area contributed by atoms with Crippen LogP contribution in [-0.4, -0.2) is 19.9 Å². The second kappa shape index (κ2) is 30.8. The van der Waals surface area contributed by atoms with Crippen molar-refractivity contribution < 1.29 is 8.78 Å². The predicted octanol–water partition coefficient (Wildman–Crippen LogP) is 19.8. The summed E-state index contributed by atoms with van der Waals surface area (Å²) in [6.45, 7) is 12.5. The first-order valence-corrected chi connectivity index (χ1v) is 26.5. The largest absolute Gasteiger partial charge is 0.265 e. The Morgan fingerprint density at radius 1 is 0.225 bits per heavy atom. The van der Waals surface area contributed by atoms with Gasteiger partial charge in [0.05, 0.1) is 0 Å². The molecule has 0 radical (unpaired) electrons. The van der Waals surface area contributed by atoms with Crippen LogP contribution in [0.2, 0.25) is 0 Å². The topological polar surface area (TPSA) is 51.6 Å². The maximum Gasteiger partial charge on any atom is 0.123 e. The van der Waals surface area contributed by atoms with Crippen LogP contribution in [0.3, 0.4) is 0 Å². The number of rotatable bonds is 6. The lowest BCUT2D eigenvalue weighted by Crippen LogP contribution is -1.82. The van der Waals surface area contributed by atoms with Gasteiger partial charge in [-0.2, -0.15) is 0 Å². The van der Waals surface area contributed by atoms with Gasteiger partial charge in [0.2, 0.25) is 0 Å². The van der Waals surface area contributed by atoms with Crippen molar-refractivity contribution >= 4 is 0 Å². The summed E-state index contributed by atoms with van der Waals surface area (Å²) in [6.07, 6.45) is 14.6. The highest BCUT2D eigenvalue weighted by atomic mass is 19.1. The van der Waals surface area contributed by atoms with Gasteiger partial charge in [0.25, 0.3) is 0 Å². The molecule has 396 valence electrons. The summed E-state index contributed by atoms with van der Waals surface area (Å²) in [7, 11) is 0. The highest BCUT2D eigenvalue weighted by molar-refractivity contribution is 5.68. The van der Waals surface area contributed by atoms with Crippen LogP contribution < -0.4 is 0 Å². The van der Waals surface area contributed by atoms with E-state index in [9.17, 15) is 8.78 Å². The van der Waals surface area contributed by atoms with E-state index in [0.717, 1.165) is 22.3 Å². The molecule has 0 unspecified atom stereocenters. The maximum absolute atomic E-state index is 12.9. The summed E-state index contributed by atoms with van der Waals surface area (Å²) >= 11 is 0. The minimum absolute atomic E-state index is 0.192. The lowest BCUT2D eigenvalue weighted by atomic mass is 10.0. The van der Waals surface area contributed by atoms with Crippen molar-refractivity contribution in [2.45, 2.75) is 41.5 Å². The number of aryl methyl sites for hydroxylation is 6. The van der Waals surface area contributed by atoms with E-state index in [4.69, 9.17) is 0 Å². The molecule has 0 saturated carbocycles. The molecule has 0 atom stereocenters. The third-order valence-electron chi connectivity index (χ3n) is 12.8. The van der Waals surface area contributed by atoms with Crippen LogP contribution in [-0.2, 0) is 0 Å². The molecule has 0 fully saturated rings.